The quantitative estimate of drug-likeness (QED) is 0.744. The number of benzene rings is 1. The molecule has 0 radical (unpaired) electrons. The second kappa shape index (κ2) is 8.88. The van der Waals surface area contributed by atoms with Gasteiger partial charge >= 0.3 is 0 Å². The molecule has 2 atom stereocenters. The van der Waals surface area contributed by atoms with Crippen molar-refractivity contribution in [3.63, 3.8) is 0 Å². The Morgan fingerprint density at radius 2 is 1.96 bits per heavy atom. The first-order valence-corrected chi connectivity index (χ1v) is 8.97. The number of carbonyl (C=O) groups excluding carboxylic acids is 1. The maximum Gasteiger partial charge on any atom is 0.237 e. The van der Waals surface area contributed by atoms with Gasteiger partial charge in [0.15, 0.2) is 0 Å². The van der Waals surface area contributed by atoms with E-state index in [2.05, 4.69) is 22.8 Å². The summed E-state index contributed by atoms with van der Waals surface area (Å²) in [5.74, 6) is 0.864. The average Bonchev–Trinajstić information content (AvgIpc) is 3.07. The number of hydrogen-bond donors (Lipinski definition) is 3. The molecule has 2 unspecified atom stereocenters. The number of ether oxygens (including phenoxy) is 1. The lowest BCUT2D eigenvalue weighted by Crippen LogP contribution is -2.47. The van der Waals surface area contributed by atoms with E-state index in [1.165, 1.54) is 24.8 Å². The number of aliphatic hydroxyl groups excluding tert-OH is 1. The SMILES string of the molecule is COc1ccc(C2(CNC(=O)C3CC(O)CN3)CCCCC2)cc1.Cl. The van der Waals surface area contributed by atoms with Crippen LogP contribution < -0.4 is 15.4 Å². The van der Waals surface area contributed by atoms with Gasteiger partial charge in [-0.3, -0.25) is 4.79 Å². The number of amides is 1. The molecule has 140 valence electrons. The molecule has 1 amide bonds. The molecule has 25 heavy (non-hydrogen) atoms. The third-order valence-corrected chi connectivity index (χ3v) is 5.54. The number of aliphatic hydroxyl groups is 1. The van der Waals surface area contributed by atoms with Crippen molar-refractivity contribution in [2.75, 3.05) is 20.2 Å². The van der Waals surface area contributed by atoms with Crippen LogP contribution in [0.3, 0.4) is 0 Å². The van der Waals surface area contributed by atoms with Crippen molar-refractivity contribution in [1.29, 1.82) is 0 Å². The Kier molecular flexibility index (Phi) is 7.11. The van der Waals surface area contributed by atoms with Gasteiger partial charge in [-0.2, -0.15) is 0 Å². The second-order valence-corrected chi connectivity index (χ2v) is 7.14. The summed E-state index contributed by atoms with van der Waals surface area (Å²) in [4.78, 5) is 12.4. The number of methoxy groups -OCH3 is 1. The summed E-state index contributed by atoms with van der Waals surface area (Å²) >= 11 is 0. The lowest BCUT2D eigenvalue weighted by Gasteiger charge is -2.38. The minimum absolute atomic E-state index is 0. The molecular formula is C19H29ClN2O3. The van der Waals surface area contributed by atoms with Gasteiger partial charge in [-0.15, -0.1) is 12.4 Å². The van der Waals surface area contributed by atoms with Crippen LogP contribution in [0.1, 0.15) is 44.1 Å². The highest BCUT2D eigenvalue weighted by Crippen LogP contribution is 2.39. The molecule has 1 aromatic carbocycles. The summed E-state index contributed by atoms with van der Waals surface area (Å²) in [5, 5.41) is 15.8. The maximum atomic E-state index is 12.4. The zero-order chi connectivity index (χ0) is 17.0. The molecule has 1 heterocycles. The predicted octanol–water partition coefficient (Wildman–Crippen LogP) is 2.16. The van der Waals surface area contributed by atoms with Gasteiger partial charge in [0.2, 0.25) is 5.91 Å². The van der Waals surface area contributed by atoms with Crippen LogP contribution in [0.5, 0.6) is 5.75 Å². The first kappa shape index (κ1) is 20.0. The van der Waals surface area contributed by atoms with Crippen LogP contribution in [0.15, 0.2) is 24.3 Å². The molecule has 1 aromatic rings. The highest BCUT2D eigenvalue weighted by molar-refractivity contribution is 5.85. The molecule has 1 aliphatic carbocycles. The van der Waals surface area contributed by atoms with E-state index in [-0.39, 0.29) is 29.8 Å². The van der Waals surface area contributed by atoms with E-state index in [1.54, 1.807) is 7.11 Å². The molecule has 1 saturated heterocycles. The maximum absolute atomic E-state index is 12.4. The number of halogens is 1. The van der Waals surface area contributed by atoms with E-state index in [0.717, 1.165) is 18.6 Å². The largest absolute Gasteiger partial charge is 0.497 e. The van der Waals surface area contributed by atoms with Gasteiger partial charge in [-0.25, -0.2) is 0 Å². The molecule has 1 saturated carbocycles. The Bertz CT molecular complexity index is 558. The Balaban J connectivity index is 0.00000225. The number of β-amino-alcohol motifs (C(OH)–C–C–N with tert-alkyl or cyclic N) is 1. The fourth-order valence-corrected chi connectivity index (χ4v) is 4.04. The van der Waals surface area contributed by atoms with Crippen molar-refractivity contribution >= 4 is 18.3 Å². The summed E-state index contributed by atoms with van der Waals surface area (Å²) in [5.41, 5.74) is 1.29. The normalized spacial score (nSPS) is 25.0. The minimum atomic E-state index is -0.411. The van der Waals surface area contributed by atoms with E-state index in [4.69, 9.17) is 4.74 Å². The average molecular weight is 369 g/mol. The molecule has 5 nitrogen and oxygen atoms in total. The lowest BCUT2D eigenvalue weighted by atomic mass is 9.69. The standard InChI is InChI=1S/C19H28N2O3.ClH/c1-24-16-7-5-14(6-8-16)19(9-3-2-4-10-19)13-21-18(23)17-11-15(22)12-20-17;/h5-8,15,17,20,22H,2-4,9-13H2,1H3,(H,21,23);1H. The van der Waals surface area contributed by atoms with Gasteiger partial charge in [0, 0.05) is 18.5 Å². The van der Waals surface area contributed by atoms with Gasteiger partial charge in [0.25, 0.3) is 0 Å². The van der Waals surface area contributed by atoms with Crippen LogP contribution in [0, 0.1) is 0 Å². The number of carbonyl (C=O) groups is 1. The van der Waals surface area contributed by atoms with Crippen molar-refractivity contribution in [3.05, 3.63) is 29.8 Å². The van der Waals surface area contributed by atoms with E-state index in [0.29, 0.717) is 19.5 Å². The van der Waals surface area contributed by atoms with E-state index in [9.17, 15) is 9.90 Å². The number of rotatable bonds is 5. The van der Waals surface area contributed by atoms with Crippen molar-refractivity contribution in [3.8, 4) is 5.75 Å². The molecule has 0 bridgehead atoms. The molecule has 6 heteroatoms. The van der Waals surface area contributed by atoms with E-state index in [1.807, 2.05) is 12.1 Å². The van der Waals surface area contributed by atoms with Crippen molar-refractivity contribution < 1.29 is 14.6 Å². The summed E-state index contributed by atoms with van der Waals surface area (Å²) in [6, 6.07) is 8.00. The predicted molar refractivity (Wildman–Crippen MR) is 100 cm³/mol. The van der Waals surface area contributed by atoms with Crippen LogP contribution in [-0.4, -0.2) is 43.4 Å². The van der Waals surface area contributed by atoms with Gasteiger partial charge < -0.3 is 20.5 Å². The zero-order valence-electron chi connectivity index (χ0n) is 14.8. The molecular weight excluding hydrogens is 340 g/mol. The first-order chi connectivity index (χ1) is 11.6. The molecule has 2 aliphatic rings. The summed E-state index contributed by atoms with van der Waals surface area (Å²) in [7, 11) is 1.68. The Morgan fingerprint density at radius 3 is 2.52 bits per heavy atom. The number of hydrogen-bond acceptors (Lipinski definition) is 4. The third kappa shape index (κ3) is 4.66. The highest BCUT2D eigenvalue weighted by atomic mass is 35.5. The van der Waals surface area contributed by atoms with E-state index >= 15 is 0 Å². The molecule has 3 rings (SSSR count). The Labute approximate surface area is 155 Å². The van der Waals surface area contributed by atoms with Crippen LogP contribution in [0.2, 0.25) is 0 Å². The second-order valence-electron chi connectivity index (χ2n) is 7.14. The summed E-state index contributed by atoms with van der Waals surface area (Å²) in [6.45, 7) is 1.16. The van der Waals surface area contributed by atoms with Crippen LogP contribution in [-0.2, 0) is 10.2 Å². The molecule has 2 fully saturated rings. The fourth-order valence-electron chi connectivity index (χ4n) is 4.04. The minimum Gasteiger partial charge on any atom is -0.497 e. The van der Waals surface area contributed by atoms with Crippen LogP contribution in [0.4, 0.5) is 0 Å². The first-order valence-electron chi connectivity index (χ1n) is 8.97. The van der Waals surface area contributed by atoms with Gasteiger partial charge in [0.05, 0.1) is 19.3 Å². The topological polar surface area (TPSA) is 70.6 Å². The molecule has 0 spiro atoms. The fraction of sp³-hybridized carbons (Fsp3) is 0.632. The Hall–Kier alpha value is -1.30. The molecule has 1 aliphatic heterocycles. The lowest BCUT2D eigenvalue weighted by molar-refractivity contribution is -0.123. The Morgan fingerprint density at radius 1 is 1.28 bits per heavy atom. The molecule has 0 aromatic heterocycles. The zero-order valence-corrected chi connectivity index (χ0v) is 15.6. The highest BCUT2D eigenvalue weighted by Gasteiger charge is 2.36. The van der Waals surface area contributed by atoms with Crippen LogP contribution in [0.25, 0.3) is 0 Å². The van der Waals surface area contributed by atoms with Crippen molar-refractivity contribution in [2.45, 2.75) is 56.1 Å². The van der Waals surface area contributed by atoms with Gasteiger partial charge in [-0.1, -0.05) is 31.4 Å². The van der Waals surface area contributed by atoms with Gasteiger partial charge in [0.1, 0.15) is 5.75 Å². The number of nitrogens with one attached hydrogen (secondary N) is 2. The monoisotopic (exact) mass is 368 g/mol. The van der Waals surface area contributed by atoms with Gasteiger partial charge in [-0.05, 0) is 37.0 Å². The smallest absolute Gasteiger partial charge is 0.237 e. The van der Waals surface area contributed by atoms with Crippen LogP contribution >= 0.6 is 12.4 Å². The molecule has 3 N–H and O–H groups in total. The van der Waals surface area contributed by atoms with E-state index < -0.39 is 6.10 Å². The van der Waals surface area contributed by atoms with Crippen molar-refractivity contribution in [1.82, 2.24) is 10.6 Å². The summed E-state index contributed by atoms with van der Waals surface area (Å²) < 4.78 is 5.26. The summed E-state index contributed by atoms with van der Waals surface area (Å²) in [6.07, 6.45) is 5.94. The van der Waals surface area contributed by atoms with Crippen molar-refractivity contribution in [2.24, 2.45) is 0 Å². The third-order valence-electron chi connectivity index (χ3n) is 5.54.